The number of hydrogen-bond acceptors (Lipinski definition) is 4. The minimum absolute atomic E-state index is 0.0359. The van der Waals surface area contributed by atoms with Crippen molar-refractivity contribution in [3.05, 3.63) is 46.9 Å². The van der Waals surface area contributed by atoms with Gasteiger partial charge in [-0.05, 0) is 24.3 Å². The molecule has 0 aliphatic rings. The van der Waals surface area contributed by atoms with E-state index in [0.29, 0.717) is 0 Å². The molecule has 0 unspecified atom stereocenters. The van der Waals surface area contributed by atoms with E-state index in [1.807, 2.05) is 24.3 Å². The highest BCUT2D eigenvalue weighted by atomic mass is 32.1. The Kier molecular flexibility index (Phi) is 2.41. The molecule has 0 aliphatic carbocycles. The van der Waals surface area contributed by atoms with Gasteiger partial charge in [-0.25, -0.2) is 4.98 Å². The first-order chi connectivity index (χ1) is 8.63. The lowest BCUT2D eigenvalue weighted by Gasteiger charge is -1.97. The number of benzene rings is 1. The van der Waals surface area contributed by atoms with Gasteiger partial charge in [-0.2, -0.15) is 0 Å². The van der Waals surface area contributed by atoms with E-state index in [9.17, 15) is 4.79 Å². The van der Waals surface area contributed by atoms with Gasteiger partial charge in [0.05, 0.1) is 10.2 Å². The van der Waals surface area contributed by atoms with Crippen LogP contribution in [0, 0.1) is 0 Å². The van der Waals surface area contributed by atoms with Crippen molar-refractivity contribution in [3.63, 3.8) is 0 Å². The molecule has 0 fully saturated rings. The van der Waals surface area contributed by atoms with Crippen LogP contribution in [0.15, 0.2) is 41.3 Å². The van der Waals surface area contributed by atoms with Gasteiger partial charge >= 0.3 is 0 Å². The molecule has 0 bridgehead atoms. The predicted molar refractivity (Wildman–Crippen MR) is 74.7 cm³/mol. The molecule has 0 atom stereocenters. The number of nitrogens with zero attached hydrogens (tertiary/aromatic N) is 2. The summed E-state index contributed by atoms with van der Waals surface area (Å²) < 4.78 is 2.57. The highest BCUT2D eigenvalue weighted by Gasteiger charge is 2.07. The van der Waals surface area contributed by atoms with Gasteiger partial charge in [0.15, 0.2) is 0 Å². The van der Waals surface area contributed by atoms with Crippen LogP contribution >= 0.6 is 11.3 Å². The molecule has 2 N–H and O–H groups in total. The number of nitrogen functional groups attached to an aromatic ring is 1. The van der Waals surface area contributed by atoms with E-state index in [1.165, 1.54) is 15.9 Å². The van der Waals surface area contributed by atoms with Gasteiger partial charge in [0.25, 0.3) is 5.56 Å². The highest BCUT2D eigenvalue weighted by Crippen LogP contribution is 2.30. The van der Waals surface area contributed by atoms with E-state index < -0.39 is 0 Å². The fourth-order valence-corrected chi connectivity index (χ4v) is 2.76. The Morgan fingerprint density at radius 3 is 2.89 bits per heavy atom. The molecule has 0 radical (unpaired) electrons. The molecule has 0 saturated heterocycles. The second kappa shape index (κ2) is 3.96. The fourth-order valence-electron chi connectivity index (χ4n) is 1.75. The van der Waals surface area contributed by atoms with Crippen LogP contribution in [-0.4, -0.2) is 9.55 Å². The van der Waals surface area contributed by atoms with Crippen LogP contribution in [0.1, 0.15) is 0 Å². The average molecular weight is 257 g/mol. The van der Waals surface area contributed by atoms with Crippen molar-refractivity contribution in [2.45, 2.75) is 0 Å². The second-order valence-corrected chi connectivity index (χ2v) is 5.14. The molecule has 0 spiro atoms. The topological polar surface area (TPSA) is 60.9 Å². The lowest BCUT2D eigenvalue weighted by Crippen LogP contribution is -2.13. The van der Waals surface area contributed by atoms with Crippen LogP contribution < -0.4 is 11.3 Å². The Morgan fingerprint density at radius 1 is 1.28 bits per heavy atom. The van der Waals surface area contributed by atoms with Crippen LogP contribution in [0.3, 0.4) is 0 Å². The molecule has 0 amide bonds. The summed E-state index contributed by atoms with van der Waals surface area (Å²) in [6, 6.07) is 9.11. The lowest BCUT2D eigenvalue weighted by atomic mass is 10.3. The Balaban J connectivity index is 2.19. The van der Waals surface area contributed by atoms with Crippen molar-refractivity contribution in [1.82, 2.24) is 9.55 Å². The third-order valence-electron chi connectivity index (χ3n) is 2.76. The Hall–Kier alpha value is -2.14. The molecule has 5 heteroatoms. The van der Waals surface area contributed by atoms with E-state index in [4.69, 9.17) is 5.73 Å². The quantitative estimate of drug-likeness (QED) is 0.680. The number of aromatic nitrogens is 2. The summed E-state index contributed by atoms with van der Waals surface area (Å²) in [4.78, 5) is 16.1. The maximum Gasteiger partial charge on any atom is 0.250 e. The molecular weight excluding hydrogens is 246 g/mol. The Labute approximate surface area is 107 Å². The summed E-state index contributed by atoms with van der Waals surface area (Å²) in [5, 5.41) is 0.841. The summed E-state index contributed by atoms with van der Waals surface area (Å²) in [7, 11) is 1.73. The highest BCUT2D eigenvalue weighted by molar-refractivity contribution is 7.21. The van der Waals surface area contributed by atoms with Crippen molar-refractivity contribution in [1.29, 1.82) is 0 Å². The van der Waals surface area contributed by atoms with Gasteiger partial charge in [0.1, 0.15) is 5.01 Å². The van der Waals surface area contributed by atoms with Crippen LogP contribution in [0.4, 0.5) is 5.69 Å². The maximum atomic E-state index is 11.6. The van der Waals surface area contributed by atoms with Gasteiger partial charge in [0.2, 0.25) is 0 Å². The molecule has 3 rings (SSSR count). The summed E-state index contributed by atoms with van der Waals surface area (Å²) in [6.45, 7) is 0. The number of hydrogen-bond donors (Lipinski definition) is 1. The number of anilines is 1. The first kappa shape index (κ1) is 11.0. The molecule has 2 aromatic heterocycles. The minimum Gasteiger partial charge on any atom is -0.399 e. The molecule has 90 valence electrons. The van der Waals surface area contributed by atoms with Crippen molar-refractivity contribution >= 4 is 27.2 Å². The second-order valence-electron chi connectivity index (χ2n) is 4.11. The maximum absolute atomic E-state index is 11.6. The van der Waals surface area contributed by atoms with Crippen LogP contribution in [0.2, 0.25) is 0 Å². The Morgan fingerprint density at radius 2 is 2.11 bits per heavy atom. The summed E-state index contributed by atoms with van der Waals surface area (Å²) in [6.07, 6.45) is 1.75. The minimum atomic E-state index is -0.0359. The molecule has 1 aromatic carbocycles. The molecule has 18 heavy (non-hydrogen) atoms. The average Bonchev–Trinajstić information content (AvgIpc) is 2.75. The molecule has 0 saturated carbocycles. The molecule has 2 heterocycles. The third kappa shape index (κ3) is 1.78. The van der Waals surface area contributed by atoms with Gasteiger partial charge < -0.3 is 10.3 Å². The molecule has 0 aliphatic heterocycles. The van der Waals surface area contributed by atoms with Crippen LogP contribution in [0.5, 0.6) is 0 Å². The SMILES string of the molecule is Cn1ccc(-c2nc3ccc(N)cc3s2)cc1=O. The number of thiazole rings is 1. The molecule has 4 nitrogen and oxygen atoms in total. The molecule has 3 aromatic rings. The van der Waals surface area contributed by atoms with Crippen LogP contribution in [-0.2, 0) is 7.05 Å². The molecular formula is C13H11N3OS. The van der Waals surface area contributed by atoms with Gasteiger partial charge in [-0.3, -0.25) is 4.79 Å². The predicted octanol–water partition coefficient (Wildman–Crippen LogP) is 2.24. The largest absolute Gasteiger partial charge is 0.399 e. The smallest absolute Gasteiger partial charge is 0.250 e. The third-order valence-corrected chi connectivity index (χ3v) is 3.83. The Bertz CT molecular complexity index is 788. The van der Waals surface area contributed by atoms with Crippen LogP contribution in [0.25, 0.3) is 20.8 Å². The number of pyridine rings is 1. The standard InChI is InChI=1S/C13H11N3OS/c1-16-5-4-8(6-12(16)17)13-15-10-3-2-9(14)7-11(10)18-13/h2-7H,14H2,1H3. The van der Waals surface area contributed by atoms with Crippen molar-refractivity contribution < 1.29 is 0 Å². The van der Waals surface area contributed by atoms with Gasteiger partial charge in [-0.15, -0.1) is 11.3 Å². The van der Waals surface area contributed by atoms with Gasteiger partial charge in [0, 0.05) is 30.6 Å². The summed E-state index contributed by atoms with van der Waals surface area (Å²) in [5.41, 5.74) is 8.18. The van der Waals surface area contributed by atoms with E-state index >= 15 is 0 Å². The van der Waals surface area contributed by atoms with E-state index in [2.05, 4.69) is 4.98 Å². The van der Waals surface area contributed by atoms with E-state index in [-0.39, 0.29) is 5.56 Å². The summed E-state index contributed by atoms with van der Waals surface area (Å²) in [5.74, 6) is 0. The number of aryl methyl sites for hydroxylation is 1. The number of rotatable bonds is 1. The monoisotopic (exact) mass is 257 g/mol. The first-order valence-electron chi connectivity index (χ1n) is 5.46. The van der Waals surface area contributed by atoms with Crippen molar-refractivity contribution in [3.8, 4) is 10.6 Å². The van der Waals surface area contributed by atoms with E-state index in [1.54, 1.807) is 19.3 Å². The van der Waals surface area contributed by atoms with Crippen molar-refractivity contribution in [2.24, 2.45) is 7.05 Å². The van der Waals surface area contributed by atoms with E-state index in [0.717, 1.165) is 26.5 Å². The zero-order valence-corrected chi connectivity index (χ0v) is 10.6. The first-order valence-corrected chi connectivity index (χ1v) is 6.28. The fraction of sp³-hybridized carbons (Fsp3) is 0.0769. The zero-order valence-electron chi connectivity index (χ0n) is 9.75. The lowest BCUT2D eigenvalue weighted by molar-refractivity contribution is 0.861. The van der Waals surface area contributed by atoms with Crippen molar-refractivity contribution in [2.75, 3.05) is 5.73 Å². The number of fused-ring (bicyclic) bond motifs is 1. The summed E-state index contributed by atoms with van der Waals surface area (Å²) >= 11 is 1.54. The van der Waals surface area contributed by atoms with Gasteiger partial charge in [-0.1, -0.05) is 0 Å². The normalized spacial score (nSPS) is 10.9. The number of nitrogens with two attached hydrogens (primary N) is 1. The zero-order chi connectivity index (χ0) is 12.7.